The SMILES string of the molecule is N#Cc1ccc(CNC(=O)NCc2ccccn2)cc1. The summed E-state index contributed by atoms with van der Waals surface area (Å²) in [4.78, 5) is 15.7. The second kappa shape index (κ2) is 6.90. The molecule has 0 bridgehead atoms. The van der Waals surface area contributed by atoms with Gasteiger partial charge in [0.2, 0.25) is 0 Å². The van der Waals surface area contributed by atoms with Gasteiger partial charge in [0.15, 0.2) is 0 Å². The number of amides is 2. The zero-order valence-corrected chi connectivity index (χ0v) is 10.8. The number of hydrogen-bond acceptors (Lipinski definition) is 3. The van der Waals surface area contributed by atoms with E-state index in [9.17, 15) is 4.79 Å². The molecule has 0 radical (unpaired) electrons. The van der Waals surface area contributed by atoms with Crippen molar-refractivity contribution in [3.05, 3.63) is 65.5 Å². The second-order valence-electron chi connectivity index (χ2n) is 4.17. The Morgan fingerprint density at radius 2 is 1.85 bits per heavy atom. The van der Waals surface area contributed by atoms with Crippen molar-refractivity contribution in [2.45, 2.75) is 13.1 Å². The molecule has 100 valence electrons. The van der Waals surface area contributed by atoms with Gasteiger partial charge in [-0.3, -0.25) is 4.98 Å². The monoisotopic (exact) mass is 266 g/mol. The Morgan fingerprint density at radius 1 is 1.10 bits per heavy atom. The average molecular weight is 266 g/mol. The van der Waals surface area contributed by atoms with Crippen LogP contribution in [0.4, 0.5) is 4.79 Å². The van der Waals surface area contributed by atoms with Crippen molar-refractivity contribution in [1.82, 2.24) is 15.6 Å². The van der Waals surface area contributed by atoms with E-state index >= 15 is 0 Å². The fourth-order valence-corrected chi connectivity index (χ4v) is 1.62. The van der Waals surface area contributed by atoms with Crippen LogP contribution in [0.5, 0.6) is 0 Å². The van der Waals surface area contributed by atoms with E-state index in [4.69, 9.17) is 5.26 Å². The third kappa shape index (κ3) is 4.10. The number of hydrogen-bond donors (Lipinski definition) is 2. The largest absolute Gasteiger partial charge is 0.334 e. The van der Waals surface area contributed by atoms with Crippen molar-refractivity contribution in [2.75, 3.05) is 0 Å². The van der Waals surface area contributed by atoms with Crippen LogP contribution < -0.4 is 10.6 Å². The zero-order chi connectivity index (χ0) is 14.2. The zero-order valence-electron chi connectivity index (χ0n) is 10.8. The lowest BCUT2D eigenvalue weighted by Gasteiger charge is -2.07. The highest BCUT2D eigenvalue weighted by molar-refractivity contribution is 5.73. The number of aromatic nitrogens is 1. The molecular formula is C15H14N4O. The summed E-state index contributed by atoms with van der Waals surface area (Å²) in [6.07, 6.45) is 1.69. The molecule has 20 heavy (non-hydrogen) atoms. The minimum atomic E-state index is -0.250. The van der Waals surface area contributed by atoms with E-state index in [1.165, 1.54) is 0 Å². The van der Waals surface area contributed by atoms with Crippen molar-refractivity contribution in [3.63, 3.8) is 0 Å². The van der Waals surface area contributed by atoms with Gasteiger partial charge in [0, 0.05) is 12.7 Å². The van der Waals surface area contributed by atoms with Crippen LogP contribution in [0.1, 0.15) is 16.8 Å². The first kappa shape index (κ1) is 13.6. The molecule has 0 aliphatic heterocycles. The lowest BCUT2D eigenvalue weighted by Crippen LogP contribution is -2.34. The molecule has 0 unspecified atom stereocenters. The standard InChI is InChI=1S/C15H14N4O/c16-9-12-4-6-13(7-5-12)10-18-15(20)19-11-14-3-1-2-8-17-14/h1-8H,10-11H2,(H2,18,19,20). The molecule has 1 heterocycles. The Bertz CT molecular complexity index is 602. The molecule has 2 amide bonds. The summed E-state index contributed by atoms with van der Waals surface area (Å²) in [5, 5.41) is 14.2. The predicted octanol–water partition coefficient (Wildman–Crippen LogP) is 1.95. The number of urea groups is 1. The summed E-state index contributed by atoms with van der Waals surface area (Å²) in [5.41, 5.74) is 2.35. The number of carbonyl (C=O) groups excluding carboxylic acids is 1. The van der Waals surface area contributed by atoms with Crippen molar-refractivity contribution >= 4 is 6.03 Å². The van der Waals surface area contributed by atoms with Crippen LogP contribution in [-0.4, -0.2) is 11.0 Å². The smallest absolute Gasteiger partial charge is 0.315 e. The Kier molecular flexibility index (Phi) is 4.68. The van der Waals surface area contributed by atoms with Crippen LogP contribution in [0.3, 0.4) is 0 Å². The van der Waals surface area contributed by atoms with E-state index in [1.807, 2.05) is 30.3 Å². The Hall–Kier alpha value is -2.87. The molecule has 5 heteroatoms. The molecule has 2 aromatic rings. The third-order valence-electron chi connectivity index (χ3n) is 2.69. The van der Waals surface area contributed by atoms with Crippen molar-refractivity contribution in [2.24, 2.45) is 0 Å². The third-order valence-corrected chi connectivity index (χ3v) is 2.69. The van der Waals surface area contributed by atoms with Crippen molar-refractivity contribution in [3.8, 4) is 6.07 Å². The Morgan fingerprint density at radius 3 is 2.50 bits per heavy atom. The van der Waals surface area contributed by atoms with Crippen LogP contribution in [0.2, 0.25) is 0 Å². The molecule has 0 fully saturated rings. The van der Waals surface area contributed by atoms with Crippen LogP contribution in [0, 0.1) is 11.3 Å². The summed E-state index contributed by atoms with van der Waals surface area (Å²) in [6, 6.07) is 14.4. The first-order valence-electron chi connectivity index (χ1n) is 6.18. The Labute approximate surface area is 117 Å². The van der Waals surface area contributed by atoms with Crippen molar-refractivity contribution in [1.29, 1.82) is 5.26 Å². The highest BCUT2D eigenvalue weighted by Crippen LogP contribution is 2.02. The van der Waals surface area contributed by atoms with Crippen molar-refractivity contribution < 1.29 is 4.79 Å². The topological polar surface area (TPSA) is 77.8 Å². The first-order chi connectivity index (χ1) is 9.78. The number of pyridine rings is 1. The van der Waals surface area contributed by atoms with E-state index in [0.29, 0.717) is 18.7 Å². The molecule has 5 nitrogen and oxygen atoms in total. The summed E-state index contributed by atoms with van der Waals surface area (Å²) in [5.74, 6) is 0. The number of benzene rings is 1. The van der Waals surface area contributed by atoms with E-state index in [0.717, 1.165) is 11.3 Å². The predicted molar refractivity (Wildman–Crippen MR) is 74.5 cm³/mol. The molecule has 0 saturated carbocycles. The fourth-order valence-electron chi connectivity index (χ4n) is 1.62. The van der Waals surface area contributed by atoms with Crippen LogP contribution in [0.15, 0.2) is 48.7 Å². The fraction of sp³-hybridized carbons (Fsp3) is 0.133. The molecule has 0 saturated heterocycles. The minimum Gasteiger partial charge on any atom is -0.334 e. The van der Waals surface area contributed by atoms with Gasteiger partial charge in [-0.05, 0) is 29.8 Å². The second-order valence-corrected chi connectivity index (χ2v) is 4.17. The molecule has 0 aliphatic rings. The van der Waals surface area contributed by atoms with Gasteiger partial charge in [-0.15, -0.1) is 0 Å². The van der Waals surface area contributed by atoms with E-state index in [2.05, 4.69) is 21.7 Å². The van der Waals surface area contributed by atoms with Crippen LogP contribution in [0.25, 0.3) is 0 Å². The molecule has 2 N–H and O–H groups in total. The lowest BCUT2D eigenvalue weighted by atomic mass is 10.1. The highest BCUT2D eigenvalue weighted by atomic mass is 16.2. The number of nitrogens with one attached hydrogen (secondary N) is 2. The van der Waals surface area contributed by atoms with E-state index in [1.54, 1.807) is 18.3 Å². The van der Waals surface area contributed by atoms with Crippen LogP contribution in [-0.2, 0) is 13.1 Å². The number of nitriles is 1. The van der Waals surface area contributed by atoms with E-state index in [-0.39, 0.29) is 6.03 Å². The lowest BCUT2D eigenvalue weighted by molar-refractivity contribution is 0.240. The first-order valence-corrected chi connectivity index (χ1v) is 6.18. The minimum absolute atomic E-state index is 0.250. The summed E-state index contributed by atoms with van der Waals surface area (Å²) >= 11 is 0. The number of rotatable bonds is 4. The van der Waals surface area contributed by atoms with Gasteiger partial charge in [-0.25, -0.2) is 4.79 Å². The highest BCUT2D eigenvalue weighted by Gasteiger charge is 2.01. The molecular weight excluding hydrogens is 252 g/mol. The van der Waals surface area contributed by atoms with Gasteiger partial charge >= 0.3 is 6.03 Å². The normalized spacial score (nSPS) is 9.55. The molecule has 0 spiro atoms. The van der Waals surface area contributed by atoms with Crippen LogP contribution >= 0.6 is 0 Å². The Balaban J connectivity index is 1.76. The molecule has 0 atom stereocenters. The maximum absolute atomic E-state index is 11.6. The number of carbonyl (C=O) groups is 1. The molecule has 1 aromatic heterocycles. The maximum atomic E-state index is 11.6. The summed E-state index contributed by atoms with van der Waals surface area (Å²) in [7, 11) is 0. The van der Waals surface area contributed by atoms with Gasteiger partial charge in [-0.2, -0.15) is 5.26 Å². The summed E-state index contributed by atoms with van der Waals surface area (Å²) < 4.78 is 0. The van der Waals surface area contributed by atoms with Gasteiger partial charge in [0.1, 0.15) is 0 Å². The summed E-state index contributed by atoms with van der Waals surface area (Å²) in [6.45, 7) is 0.805. The van der Waals surface area contributed by atoms with Gasteiger partial charge in [0.25, 0.3) is 0 Å². The van der Waals surface area contributed by atoms with Gasteiger partial charge in [0.05, 0.1) is 23.9 Å². The quantitative estimate of drug-likeness (QED) is 0.887. The maximum Gasteiger partial charge on any atom is 0.315 e. The van der Waals surface area contributed by atoms with E-state index < -0.39 is 0 Å². The van der Waals surface area contributed by atoms with Gasteiger partial charge < -0.3 is 10.6 Å². The molecule has 2 rings (SSSR count). The number of nitrogens with zero attached hydrogens (tertiary/aromatic N) is 2. The van der Waals surface area contributed by atoms with Gasteiger partial charge in [-0.1, -0.05) is 18.2 Å². The molecule has 1 aromatic carbocycles. The molecule has 0 aliphatic carbocycles. The average Bonchev–Trinajstić information content (AvgIpc) is 2.52.